The molecule has 0 spiro atoms. The van der Waals surface area contributed by atoms with Gasteiger partial charge in [0.2, 0.25) is 0 Å². The topological polar surface area (TPSA) is 79.1 Å². The van der Waals surface area contributed by atoms with Gasteiger partial charge in [-0.2, -0.15) is 0 Å². The Kier molecular flexibility index (Phi) is 6.40. The zero-order valence-electron chi connectivity index (χ0n) is 18.4. The first-order valence-electron chi connectivity index (χ1n) is 9.97. The van der Waals surface area contributed by atoms with E-state index in [1.807, 2.05) is 24.3 Å². The van der Waals surface area contributed by atoms with Gasteiger partial charge in [-0.25, -0.2) is 9.79 Å². The Morgan fingerprint density at radius 1 is 1.12 bits per heavy atom. The molecular formula is C24H21ClN2O5S. The summed E-state index contributed by atoms with van der Waals surface area (Å²) in [7, 11) is 4.39. The standard InChI is InChI=1S/C24H21ClN2O5S/c1-13-20(23(29)32-4)21(16-12-15(25)9-10-18(16)31-3)27-22(28)19(33-24(27)26-13)11-14-7-5-6-8-17(14)30-2/h5-12,21H,1-4H3/b19-11-/t21-/m0/s1. The zero-order valence-corrected chi connectivity index (χ0v) is 20.0. The second-order valence-corrected chi connectivity index (χ2v) is 8.65. The second kappa shape index (κ2) is 9.25. The number of carbonyl (C=O) groups is 1. The summed E-state index contributed by atoms with van der Waals surface area (Å²) in [5.41, 5.74) is 1.72. The summed E-state index contributed by atoms with van der Waals surface area (Å²) in [6.07, 6.45) is 1.76. The van der Waals surface area contributed by atoms with Crippen molar-refractivity contribution in [2.24, 2.45) is 4.99 Å². The van der Waals surface area contributed by atoms with Crippen molar-refractivity contribution in [3.8, 4) is 11.5 Å². The highest BCUT2D eigenvalue weighted by Crippen LogP contribution is 2.37. The first kappa shape index (κ1) is 22.8. The molecule has 4 rings (SSSR count). The van der Waals surface area contributed by atoms with E-state index in [-0.39, 0.29) is 11.1 Å². The lowest BCUT2D eigenvalue weighted by molar-refractivity contribution is -0.136. The quantitative estimate of drug-likeness (QED) is 0.520. The van der Waals surface area contributed by atoms with E-state index in [1.54, 1.807) is 38.3 Å². The van der Waals surface area contributed by atoms with Gasteiger partial charge in [0.05, 0.1) is 37.1 Å². The maximum absolute atomic E-state index is 13.6. The number of benzene rings is 2. The molecule has 0 amide bonds. The van der Waals surface area contributed by atoms with E-state index in [4.69, 9.17) is 25.8 Å². The predicted octanol–water partition coefficient (Wildman–Crippen LogP) is 3.08. The highest BCUT2D eigenvalue weighted by atomic mass is 35.5. The highest BCUT2D eigenvalue weighted by Gasteiger charge is 2.35. The number of methoxy groups -OCH3 is 3. The number of thiazole rings is 1. The molecule has 0 saturated heterocycles. The van der Waals surface area contributed by atoms with Crippen LogP contribution in [-0.2, 0) is 9.53 Å². The Morgan fingerprint density at radius 2 is 1.85 bits per heavy atom. The van der Waals surface area contributed by atoms with Crippen LogP contribution in [0.2, 0.25) is 5.02 Å². The van der Waals surface area contributed by atoms with E-state index in [0.717, 1.165) is 5.56 Å². The summed E-state index contributed by atoms with van der Waals surface area (Å²) >= 11 is 7.52. The lowest BCUT2D eigenvalue weighted by Crippen LogP contribution is -2.40. The third-order valence-corrected chi connectivity index (χ3v) is 6.56. The van der Waals surface area contributed by atoms with Crippen LogP contribution in [0, 0.1) is 0 Å². The van der Waals surface area contributed by atoms with Gasteiger partial charge >= 0.3 is 5.97 Å². The number of hydrogen-bond acceptors (Lipinski definition) is 7. The summed E-state index contributed by atoms with van der Waals surface area (Å²) < 4.78 is 17.9. The van der Waals surface area contributed by atoms with E-state index < -0.39 is 12.0 Å². The van der Waals surface area contributed by atoms with Crippen LogP contribution in [0.25, 0.3) is 6.08 Å². The molecule has 7 nitrogen and oxygen atoms in total. The van der Waals surface area contributed by atoms with Crippen molar-refractivity contribution in [1.82, 2.24) is 4.57 Å². The highest BCUT2D eigenvalue weighted by molar-refractivity contribution is 7.07. The average molecular weight is 485 g/mol. The van der Waals surface area contributed by atoms with E-state index in [1.165, 1.54) is 30.1 Å². The number of hydrogen-bond donors (Lipinski definition) is 0. The molecule has 2 heterocycles. The van der Waals surface area contributed by atoms with Crippen molar-refractivity contribution in [2.45, 2.75) is 13.0 Å². The molecule has 1 aromatic heterocycles. The smallest absolute Gasteiger partial charge is 0.338 e. The molecule has 0 unspecified atom stereocenters. The van der Waals surface area contributed by atoms with Gasteiger partial charge in [-0.15, -0.1) is 0 Å². The van der Waals surface area contributed by atoms with Crippen LogP contribution in [0.5, 0.6) is 11.5 Å². The Morgan fingerprint density at radius 3 is 2.55 bits per heavy atom. The summed E-state index contributed by atoms with van der Waals surface area (Å²) in [6.45, 7) is 1.72. The van der Waals surface area contributed by atoms with E-state index >= 15 is 0 Å². The molecule has 33 heavy (non-hydrogen) atoms. The van der Waals surface area contributed by atoms with E-state index in [2.05, 4.69) is 4.99 Å². The number of nitrogens with zero attached hydrogens (tertiary/aromatic N) is 2. The lowest BCUT2D eigenvalue weighted by atomic mass is 9.95. The molecule has 1 aliphatic rings. The van der Waals surface area contributed by atoms with Crippen LogP contribution in [-0.4, -0.2) is 31.9 Å². The van der Waals surface area contributed by atoms with Crippen molar-refractivity contribution < 1.29 is 19.0 Å². The van der Waals surface area contributed by atoms with Gasteiger partial charge in [-0.1, -0.05) is 41.1 Å². The Labute approximate surface area is 198 Å². The minimum absolute atomic E-state index is 0.245. The fraction of sp³-hybridized carbons (Fsp3) is 0.208. The fourth-order valence-electron chi connectivity index (χ4n) is 3.83. The predicted molar refractivity (Wildman–Crippen MR) is 127 cm³/mol. The SMILES string of the molecule is COC(=O)C1=C(C)N=c2s/c(=C\c3ccccc3OC)c(=O)n2[C@H]1c1cc(Cl)ccc1OC. The minimum atomic E-state index is -0.817. The van der Waals surface area contributed by atoms with Gasteiger partial charge < -0.3 is 14.2 Å². The minimum Gasteiger partial charge on any atom is -0.496 e. The average Bonchev–Trinajstić information content (AvgIpc) is 3.12. The van der Waals surface area contributed by atoms with Gasteiger partial charge in [-0.05, 0) is 37.3 Å². The maximum Gasteiger partial charge on any atom is 0.338 e. The molecule has 0 fully saturated rings. The maximum atomic E-state index is 13.6. The summed E-state index contributed by atoms with van der Waals surface area (Å²) in [6, 6.07) is 11.7. The van der Waals surface area contributed by atoms with Crippen LogP contribution < -0.4 is 24.4 Å². The molecule has 0 radical (unpaired) electrons. The molecule has 2 aromatic carbocycles. The van der Waals surface area contributed by atoms with Crippen molar-refractivity contribution in [1.29, 1.82) is 0 Å². The molecule has 1 atom stereocenters. The Bertz CT molecular complexity index is 1450. The van der Waals surface area contributed by atoms with Gasteiger partial charge in [0.15, 0.2) is 4.80 Å². The van der Waals surface area contributed by atoms with Crippen molar-refractivity contribution in [3.63, 3.8) is 0 Å². The van der Waals surface area contributed by atoms with Crippen LogP contribution in [0.15, 0.2) is 63.5 Å². The molecule has 0 aliphatic carbocycles. The van der Waals surface area contributed by atoms with Crippen molar-refractivity contribution in [2.75, 3.05) is 21.3 Å². The Balaban J connectivity index is 2.04. The summed E-state index contributed by atoms with van der Waals surface area (Å²) in [5.74, 6) is 0.546. The van der Waals surface area contributed by atoms with E-state index in [9.17, 15) is 9.59 Å². The molecule has 170 valence electrons. The number of aromatic nitrogens is 1. The van der Waals surface area contributed by atoms with Crippen LogP contribution in [0.4, 0.5) is 0 Å². The number of fused-ring (bicyclic) bond motifs is 1. The van der Waals surface area contributed by atoms with Gasteiger partial charge in [-0.3, -0.25) is 9.36 Å². The van der Waals surface area contributed by atoms with Crippen LogP contribution in [0.1, 0.15) is 24.1 Å². The molecule has 0 bridgehead atoms. The van der Waals surface area contributed by atoms with Crippen molar-refractivity contribution >= 4 is 35.0 Å². The molecule has 3 aromatic rings. The van der Waals surface area contributed by atoms with Crippen LogP contribution >= 0.6 is 22.9 Å². The first-order chi connectivity index (χ1) is 15.9. The molecule has 9 heteroatoms. The van der Waals surface area contributed by atoms with Gasteiger partial charge in [0.25, 0.3) is 5.56 Å². The molecular weight excluding hydrogens is 464 g/mol. The number of rotatable bonds is 5. The van der Waals surface area contributed by atoms with E-state index in [0.29, 0.717) is 37.1 Å². The van der Waals surface area contributed by atoms with Crippen molar-refractivity contribution in [3.05, 3.63) is 89.6 Å². The molecule has 0 N–H and O–H groups in total. The Hall–Kier alpha value is -3.36. The van der Waals surface area contributed by atoms with Gasteiger partial charge in [0, 0.05) is 16.1 Å². The monoisotopic (exact) mass is 484 g/mol. The number of halogens is 1. The third kappa shape index (κ3) is 4.07. The first-order valence-corrected chi connectivity index (χ1v) is 11.2. The van der Waals surface area contributed by atoms with Crippen LogP contribution in [0.3, 0.4) is 0 Å². The summed E-state index contributed by atoms with van der Waals surface area (Å²) in [5, 5.41) is 0.445. The second-order valence-electron chi connectivity index (χ2n) is 7.20. The number of carbonyl (C=O) groups excluding carboxylic acids is 1. The number of para-hydroxylation sites is 1. The number of esters is 1. The fourth-order valence-corrected chi connectivity index (χ4v) is 5.05. The lowest BCUT2D eigenvalue weighted by Gasteiger charge is -2.25. The largest absolute Gasteiger partial charge is 0.496 e. The van der Waals surface area contributed by atoms with Gasteiger partial charge in [0.1, 0.15) is 17.5 Å². The normalized spacial score (nSPS) is 15.7. The zero-order chi connectivity index (χ0) is 23.7. The summed E-state index contributed by atoms with van der Waals surface area (Å²) in [4.78, 5) is 31.4. The molecule has 1 aliphatic heterocycles. The number of ether oxygens (including phenoxy) is 3. The molecule has 0 saturated carbocycles. The third-order valence-electron chi connectivity index (χ3n) is 5.34. The number of allylic oxidation sites excluding steroid dienone is 1.